The first-order chi connectivity index (χ1) is 22.8. The van der Waals surface area contributed by atoms with Gasteiger partial charge in [0.05, 0.1) is 30.8 Å². The Morgan fingerprint density at radius 1 is 0.787 bits per heavy atom. The van der Waals surface area contributed by atoms with Crippen molar-refractivity contribution >= 4 is 22.5 Å². The van der Waals surface area contributed by atoms with Crippen LogP contribution in [0.1, 0.15) is 44.4 Å². The molecule has 2 heterocycles. The normalized spacial score (nSPS) is 10.1. The molecule has 4 aromatic carbocycles. The number of ether oxygens (including phenoxy) is 1. The van der Waals surface area contributed by atoms with Gasteiger partial charge in [0.1, 0.15) is 5.75 Å². The van der Waals surface area contributed by atoms with Crippen molar-refractivity contribution in [3.63, 3.8) is 0 Å². The molecule has 0 spiro atoms. The van der Waals surface area contributed by atoms with E-state index in [0.29, 0.717) is 5.02 Å². The standard InChI is InChI=1S/C25H23ClN2O2.C11H12N2.2C2H6/c1-28-24-11-8-18(16-27-15-17-6-9-21(30-2)10-7-17)12-23(24)22(14-25(28)29)19-4-3-5-20(26)13-19;1-9-3-5-10(6-4-9)11-7-12-8-13(11)2;2*1-2/h3-14,27H,15-16H2,1-2H3;3-8H,1-2H3;2*1-2H3. The van der Waals surface area contributed by atoms with E-state index in [9.17, 15) is 4.79 Å². The first-order valence-electron chi connectivity index (χ1n) is 16.1. The van der Waals surface area contributed by atoms with Crippen LogP contribution in [0.5, 0.6) is 5.75 Å². The van der Waals surface area contributed by atoms with Crippen LogP contribution in [0, 0.1) is 6.92 Å². The third-order valence-electron chi connectivity index (χ3n) is 7.43. The third-order valence-corrected chi connectivity index (χ3v) is 7.66. The molecule has 47 heavy (non-hydrogen) atoms. The lowest BCUT2D eigenvalue weighted by Gasteiger charge is -2.13. The van der Waals surface area contributed by atoms with Crippen LogP contribution in [0.25, 0.3) is 33.3 Å². The van der Waals surface area contributed by atoms with Crippen molar-refractivity contribution in [3.05, 3.63) is 142 Å². The number of nitrogens with one attached hydrogen (secondary N) is 1. The maximum Gasteiger partial charge on any atom is 0.251 e. The fourth-order valence-electron chi connectivity index (χ4n) is 4.97. The van der Waals surface area contributed by atoms with Gasteiger partial charge < -0.3 is 19.2 Å². The minimum absolute atomic E-state index is 0.0390. The molecule has 0 radical (unpaired) electrons. The molecule has 0 aliphatic carbocycles. The quantitative estimate of drug-likeness (QED) is 0.187. The molecular weight excluding hydrogens is 604 g/mol. The summed E-state index contributed by atoms with van der Waals surface area (Å²) in [6.07, 6.45) is 3.69. The zero-order valence-corrected chi connectivity index (χ0v) is 29.6. The van der Waals surface area contributed by atoms with Crippen molar-refractivity contribution in [2.75, 3.05) is 7.11 Å². The highest BCUT2D eigenvalue weighted by Crippen LogP contribution is 2.29. The summed E-state index contributed by atoms with van der Waals surface area (Å²) in [6.45, 7) is 11.6. The molecule has 1 N–H and O–H groups in total. The van der Waals surface area contributed by atoms with Gasteiger partial charge in [0.15, 0.2) is 0 Å². The number of rotatable bonds is 7. The average molecular weight is 651 g/mol. The summed E-state index contributed by atoms with van der Waals surface area (Å²) in [5.41, 5.74) is 8.69. The van der Waals surface area contributed by atoms with Gasteiger partial charge in [-0.3, -0.25) is 4.79 Å². The number of pyridine rings is 1. The van der Waals surface area contributed by atoms with E-state index in [1.807, 2.05) is 94.3 Å². The summed E-state index contributed by atoms with van der Waals surface area (Å²) >= 11 is 6.19. The Morgan fingerprint density at radius 2 is 1.45 bits per heavy atom. The number of halogens is 1. The van der Waals surface area contributed by atoms with E-state index in [0.717, 1.165) is 52.1 Å². The van der Waals surface area contributed by atoms with Gasteiger partial charge in [-0.05, 0) is 71.1 Å². The van der Waals surface area contributed by atoms with Crippen LogP contribution < -0.4 is 15.6 Å². The number of aryl methyl sites for hydroxylation is 3. The second kappa shape index (κ2) is 18.5. The highest BCUT2D eigenvalue weighted by Gasteiger charge is 2.10. The maximum absolute atomic E-state index is 12.5. The Labute approximate surface area is 284 Å². The molecule has 0 unspecified atom stereocenters. The predicted molar refractivity (Wildman–Crippen MR) is 199 cm³/mol. The second-order valence-corrected chi connectivity index (χ2v) is 11.0. The largest absolute Gasteiger partial charge is 0.497 e. The Balaban J connectivity index is 0.000000294. The fourth-order valence-corrected chi connectivity index (χ4v) is 5.16. The first-order valence-corrected chi connectivity index (χ1v) is 16.5. The molecular formula is C40H47ClN4O2. The molecule has 0 bridgehead atoms. The molecule has 0 atom stereocenters. The average Bonchev–Trinajstić information content (AvgIpc) is 3.54. The van der Waals surface area contributed by atoms with Crippen LogP contribution in [-0.2, 0) is 27.2 Å². The summed E-state index contributed by atoms with van der Waals surface area (Å²) in [5.74, 6) is 0.854. The molecule has 6 rings (SSSR count). The molecule has 2 aromatic heterocycles. The minimum atomic E-state index is -0.0390. The summed E-state index contributed by atoms with van der Waals surface area (Å²) in [4.78, 5) is 16.6. The highest BCUT2D eigenvalue weighted by atomic mass is 35.5. The number of benzene rings is 4. The summed E-state index contributed by atoms with van der Waals surface area (Å²) in [5, 5.41) is 5.17. The number of imidazole rings is 1. The van der Waals surface area contributed by atoms with Gasteiger partial charge >= 0.3 is 0 Å². The molecule has 0 aliphatic heterocycles. The summed E-state index contributed by atoms with van der Waals surface area (Å²) < 4.78 is 8.90. The van der Waals surface area contributed by atoms with Crippen LogP contribution in [0.2, 0.25) is 5.02 Å². The molecule has 0 amide bonds. The summed E-state index contributed by atoms with van der Waals surface area (Å²) in [6, 6.07) is 32.0. The van der Waals surface area contributed by atoms with E-state index < -0.39 is 0 Å². The number of aromatic nitrogens is 3. The molecule has 6 nitrogen and oxygen atoms in total. The van der Waals surface area contributed by atoms with Gasteiger partial charge in [-0.2, -0.15) is 0 Å². The van der Waals surface area contributed by atoms with Gasteiger partial charge in [0.25, 0.3) is 5.56 Å². The van der Waals surface area contributed by atoms with Gasteiger partial charge in [-0.15, -0.1) is 0 Å². The van der Waals surface area contributed by atoms with Gasteiger partial charge in [-0.1, -0.05) is 99.5 Å². The predicted octanol–water partition coefficient (Wildman–Crippen LogP) is 9.61. The molecule has 0 fully saturated rings. The minimum Gasteiger partial charge on any atom is -0.497 e. The third kappa shape index (κ3) is 9.92. The Kier molecular flexibility index (Phi) is 14.5. The molecule has 7 heteroatoms. The van der Waals surface area contributed by atoms with Crippen molar-refractivity contribution in [1.82, 2.24) is 19.4 Å². The number of nitrogens with zero attached hydrogens (tertiary/aromatic N) is 3. The van der Waals surface area contributed by atoms with Crippen molar-refractivity contribution in [2.24, 2.45) is 14.1 Å². The van der Waals surface area contributed by atoms with Gasteiger partial charge in [0, 0.05) is 43.7 Å². The van der Waals surface area contributed by atoms with E-state index in [1.54, 1.807) is 24.8 Å². The topological polar surface area (TPSA) is 61.1 Å². The van der Waals surface area contributed by atoms with E-state index >= 15 is 0 Å². The van der Waals surface area contributed by atoms with Crippen molar-refractivity contribution < 1.29 is 4.74 Å². The fraction of sp³-hybridized carbons (Fsp3) is 0.250. The highest BCUT2D eigenvalue weighted by molar-refractivity contribution is 6.30. The Hall–Kier alpha value is -4.65. The smallest absolute Gasteiger partial charge is 0.251 e. The lowest BCUT2D eigenvalue weighted by Crippen LogP contribution is -2.17. The van der Waals surface area contributed by atoms with Gasteiger partial charge in [0.2, 0.25) is 0 Å². The zero-order valence-electron chi connectivity index (χ0n) is 28.8. The lowest BCUT2D eigenvalue weighted by atomic mass is 9.99. The number of fused-ring (bicyclic) bond motifs is 1. The van der Waals surface area contributed by atoms with Crippen LogP contribution in [0.4, 0.5) is 0 Å². The second-order valence-electron chi connectivity index (χ2n) is 10.5. The van der Waals surface area contributed by atoms with E-state index in [-0.39, 0.29) is 5.56 Å². The van der Waals surface area contributed by atoms with Crippen molar-refractivity contribution in [2.45, 2.75) is 47.7 Å². The molecule has 0 saturated carbocycles. The maximum atomic E-state index is 12.5. The first kappa shape index (κ1) is 36.8. The monoisotopic (exact) mass is 650 g/mol. The zero-order chi connectivity index (χ0) is 34.3. The Bertz CT molecular complexity index is 1890. The molecule has 0 saturated heterocycles. The van der Waals surface area contributed by atoms with Crippen molar-refractivity contribution in [3.8, 4) is 28.1 Å². The van der Waals surface area contributed by atoms with E-state index in [4.69, 9.17) is 16.3 Å². The molecule has 6 aromatic rings. The number of methoxy groups -OCH3 is 1. The lowest BCUT2D eigenvalue weighted by molar-refractivity contribution is 0.414. The van der Waals surface area contributed by atoms with Crippen molar-refractivity contribution in [1.29, 1.82) is 0 Å². The van der Waals surface area contributed by atoms with Crippen LogP contribution in [-0.4, -0.2) is 21.2 Å². The number of hydrogen-bond donors (Lipinski definition) is 1. The number of hydrogen-bond acceptors (Lipinski definition) is 4. The van der Waals surface area contributed by atoms with Crippen LogP contribution in [0.15, 0.2) is 114 Å². The molecule has 246 valence electrons. The van der Waals surface area contributed by atoms with Crippen LogP contribution in [0.3, 0.4) is 0 Å². The van der Waals surface area contributed by atoms with E-state index in [2.05, 4.69) is 65.8 Å². The molecule has 0 aliphatic rings. The SMILES string of the molecule is CC.CC.COc1ccc(CNCc2ccc3c(c2)c(-c2cccc(Cl)c2)cc(=O)n3C)cc1.Cc1ccc(-c2cncn2C)cc1. The van der Waals surface area contributed by atoms with Gasteiger partial charge in [-0.25, -0.2) is 4.98 Å². The van der Waals surface area contributed by atoms with E-state index in [1.165, 1.54) is 16.7 Å². The summed E-state index contributed by atoms with van der Waals surface area (Å²) in [7, 11) is 5.47. The van der Waals surface area contributed by atoms with Crippen LogP contribution >= 0.6 is 11.6 Å². The Morgan fingerprint density at radius 3 is 2.06 bits per heavy atom.